The average Bonchev–Trinajstić information content (AvgIpc) is 2.36. The van der Waals surface area contributed by atoms with Crippen LogP contribution in [0.4, 0.5) is 0 Å². The molecule has 0 radical (unpaired) electrons. The van der Waals surface area contributed by atoms with E-state index in [4.69, 9.17) is 0 Å². The Labute approximate surface area is 106 Å². The molecule has 1 atom stereocenters. The maximum atomic E-state index is 9.42. The van der Waals surface area contributed by atoms with Crippen LogP contribution in [-0.2, 0) is 0 Å². The van der Waals surface area contributed by atoms with Gasteiger partial charge in [-0.25, -0.2) is 0 Å². The van der Waals surface area contributed by atoms with Gasteiger partial charge in [0.25, 0.3) is 0 Å². The van der Waals surface area contributed by atoms with Crippen molar-refractivity contribution in [3.63, 3.8) is 0 Å². The van der Waals surface area contributed by atoms with Crippen molar-refractivity contribution < 1.29 is 5.11 Å². The minimum absolute atomic E-state index is 0.316. The number of piperidine rings is 1. The van der Waals surface area contributed by atoms with Crippen molar-refractivity contribution in [3.8, 4) is 0 Å². The van der Waals surface area contributed by atoms with E-state index in [2.05, 4.69) is 31.4 Å². The molecule has 16 heavy (non-hydrogen) atoms. The van der Waals surface area contributed by atoms with E-state index in [0.717, 1.165) is 25.3 Å². The average molecular weight is 245 g/mol. The summed E-state index contributed by atoms with van der Waals surface area (Å²) in [6.07, 6.45) is 6.08. The molecule has 1 heterocycles. The normalized spacial score (nSPS) is 23.6. The third-order valence-electron chi connectivity index (χ3n) is 4.33. The fourth-order valence-corrected chi connectivity index (χ4v) is 3.20. The zero-order chi connectivity index (χ0) is 12.0. The van der Waals surface area contributed by atoms with Gasteiger partial charge in [-0.1, -0.05) is 20.3 Å². The van der Waals surface area contributed by atoms with E-state index in [0.29, 0.717) is 18.1 Å². The van der Waals surface area contributed by atoms with Crippen molar-refractivity contribution in [3.05, 3.63) is 0 Å². The molecule has 1 saturated heterocycles. The molecule has 0 saturated carbocycles. The topological polar surface area (TPSA) is 23.5 Å². The maximum absolute atomic E-state index is 9.42. The van der Waals surface area contributed by atoms with Crippen LogP contribution in [0.15, 0.2) is 0 Å². The summed E-state index contributed by atoms with van der Waals surface area (Å²) in [6.45, 7) is 7.10. The number of hydrogen-bond donors (Lipinski definition) is 2. The van der Waals surface area contributed by atoms with Crippen LogP contribution >= 0.6 is 12.6 Å². The Bertz CT molecular complexity index is 186. The molecule has 1 N–H and O–H groups in total. The molecule has 2 nitrogen and oxygen atoms in total. The Morgan fingerprint density at radius 3 is 2.50 bits per heavy atom. The van der Waals surface area contributed by atoms with Gasteiger partial charge in [-0.05, 0) is 43.4 Å². The Kier molecular flexibility index (Phi) is 6.16. The molecule has 1 unspecified atom stereocenters. The van der Waals surface area contributed by atoms with Crippen molar-refractivity contribution in [1.29, 1.82) is 0 Å². The van der Waals surface area contributed by atoms with Crippen molar-refractivity contribution in [2.24, 2.45) is 5.41 Å². The number of aliphatic hydroxyl groups is 1. The van der Waals surface area contributed by atoms with E-state index < -0.39 is 0 Å². The summed E-state index contributed by atoms with van der Waals surface area (Å²) in [7, 11) is 0. The van der Waals surface area contributed by atoms with Crippen LogP contribution in [0.1, 0.15) is 46.0 Å². The lowest BCUT2D eigenvalue weighted by molar-refractivity contribution is 0.0514. The number of aliphatic hydroxyl groups excluding tert-OH is 1. The summed E-state index contributed by atoms with van der Waals surface area (Å²) in [5.74, 6) is 0.953. The predicted molar refractivity (Wildman–Crippen MR) is 73.2 cm³/mol. The van der Waals surface area contributed by atoms with Gasteiger partial charge in [-0.15, -0.1) is 0 Å². The molecule has 96 valence electrons. The SMILES string of the molecule is CCC(CC)(CS)CN1CCCCC1CO. The third kappa shape index (κ3) is 3.38. The molecule has 0 spiro atoms. The highest BCUT2D eigenvalue weighted by molar-refractivity contribution is 7.80. The third-order valence-corrected chi connectivity index (χ3v) is 5.00. The first-order valence-electron chi connectivity index (χ1n) is 6.67. The van der Waals surface area contributed by atoms with E-state index in [1.807, 2.05) is 0 Å². The van der Waals surface area contributed by atoms with Gasteiger partial charge in [0.15, 0.2) is 0 Å². The first kappa shape index (κ1) is 14.3. The quantitative estimate of drug-likeness (QED) is 0.703. The lowest BCUT2D eigenvalue weighted by Gasteiger charge is -2.42. The molecular formula is C13H27NOS. The van der Waals surface area contributed by atoms with Crippen LogP contribution in [0.3, 0.4) is 0 Å². The van der Waals surface area contributed by atoms with Crippen molar-refractivity contribution in [1.82, 2.24) is 4.90 Å². The molecule has 0 aromatic carbocycles. The van der Waals surface area contributed by atoms with Crippen molar-refractivity contribution in [2.45, 2.75) is 52.0 Å². The van der Waals surface area contributed by atoms with Crippen LogP contribution in [0.2, 0.25) is 0 Å². The molecule has 0 bridgehead atoms. The Morgan fingerprint density at radius 1 is 1.31 bits per heavy atom. The van der Waals surface area contributed by atoms with Crippen LogP contribution in [-0.4, -0.2) is 41.5 Å². The lowest BCUT2D eigenvalue weighted by atomic mass is 9.82. The number of thiol groups is 1. The standard InChI is InChI=1S/C13H27NOS/c1-3-13(4-2,11-16)10-14-8-6-5-7-12(14)9-15/h12,15-16H,3-11H2,1-2H3. The summed E-state index contributed by atoms with van der Waals surface area (Å²) in [5.41, 5.74) is 0.341. The molecule has 0 amide bonds. The first-order valence-corrected chi connectivity index (χ1v) is 7.30. The number of likely N-dealkylation sites (tertiary alicyclic amines) is 1. The summed E-state index contributed by atoms with van der Waals surface area (Å²) >= 11 is 4.53. The molecule has 1 rings (SSSR count). The molecule has 0 aliphatic carbocycles. The highest BCUT2D eigenvalue weighted by atomic mass is 32.1. The molecule has 0 aromatic heterocycles. The van der Waals surface area contributed by atoms with E-state index in [1.165, 1.54) is 25.7 Å². The van der Waals surface area contributed by atoms with Crippen molar-refractivity contribution in [2.75, 3.05) is 25.4 Å². The molecule has 0 aromatic rings. The Balaban J connectivity index is 2.61. The van der Waals surface area contributed by atoms with Gasteiger partial charge in [0.1, 0.15) is 0 Å². The zero-order valence-electron chi connectivity index (χ0n) is 10.8. The molecule has 1 fully saturated rings. The molecule has 3 heteroatoms. The minimum Gasteiger partial charge on any atom is -0.395 e. The predicted octanol–water partition coefficient (Wildman–Crippen LogP) is 2.57. The van der Waals surface area contributed by atoms with Gasteiger partial charge in [-0.2, -0.15) is 12.6 Å². The fraction of sp³-hybridized carbons (Fsp3) is 1.00. The van der Waals surface area contributed by atoms with Gasteiger partial charge in [0, 0.05) is 12.6 Å². The van der Waals surface area contributed by atoms with E-state index in [-0.39, 0.29) is 0 Å². The van der Waals surface area contributed by atoms with Crippen LogP contribution in [0.25, 0.3) is 0 Å². The van der Waals surface area contributed by atoms with Gasteiger partial charge in [0.2, 0.25) is 0 Å². The second-order valence-corrected chi connectivity index (χ2v) is 5.48. The second kappa shape index (κ2) is 6.87. The number of hydrogen-bond acceptors (Lipinski definition) is 3. The largest absolute Gasteiger partial charge is 0.395 e. The summed E-state index contributed by atoms with van der Waals surface area (Å²) in [4.78, 5) is 2.49. The summed E-state index contributed by atoms with van der Waals surface area (Å²) in [5, 5.41) is 9.42. The van der Waals surface area contributed by atoms with Crippen molar-refractivity contribution >= 4 is 12.6 Å². The lowest BCUT2D eigenvalue weighted by Crippen LogP contribution is -2.48. The Hall–Kier alpha value is 0.270. The van der Waals surface area contributed by atoms with Crippen LogP contribution in [0, 0.1) is 5.41 Å². The fourth-order valence-electron chi connectivity index (χ4n) is 2.65. The highest BCUT2D eigenvalue weighted by Gasteiger charge is 2.31. The number of nitrogens with zero attached hydrogens (tertiary/aromatic N) is 1. The summed E-state index contributed by atoms with van der Waals surface area (Å²) < 4.78 is 0. The van der Waals surface area contributed by atoms with E-state index >= 15 is 0 Å². The van der Waals surface area contributed by atoms with Crippen LogP contribution in [0.5, 0.6) is 0 Å². The van der Waals surface area contributed by atoms with Crippen LogP contribution < -0.4 is 0 Å². The molecular weight excluding hydrogens is 218 g/mol. The summed E-state index contributed by atoms with van der Waals surface area (Å²) in [6, 6.07) is 0.395. The van der Waals surface area contributed by atoms with E-state index in [1.54, 1.807) is 0 Å². The molecule has 1 aliphatic heterocycles. The zero-order valence-corrected chi connectivity index (χ0v) is 11.7. The highest BCUT2D eigenvalue weighted by Crippen LogP contribution is 2.31. The van der Waals surface area contributed by atoms with Gasteiger partial charge in [-0.3, -0.25) is 4.90 Å². The maximum Gasteiger partial charge on any atom is 0.0586 e. The van der Waals surface area contributed by atoms with Gasteiger partial charge < -0.3 is 5.11 Å². The minimum atomic E-state index is 0.316. The van der Waals surface area contributed by atoms with E-state index in [9.17, 15) is 5.11 Å². The number of rotatable bonds is 6. The van der Waals surface area contributed by atoms with Gasteiger partial charge >= 0.3 is 0 Å². The monoisotopic (exact) mass is 245 g/mol. The second-order valence-electron chi connectivity index (χ2n) is 5.17. The Morgan fingerprint density at radius 2 is 2.00 bits per heavy atom. The first-order chi connectivity index (χ1) is 7.71. The molecule has 1 aliphatic rings. The van der Waals surface area contributed by atoms with Gasteiger partial charge in [0.05, 0.1) is 6.61 Å². The smallest absolute Gasteiger partial charge is 0.0586 e.